The van der Waals surface area contributed by atoms with Gasteiger partial charge in [0.25, 0.3) is 0 Å². The zero-order valence-corrected chi connectivity index (χ0v) is 17.4. The Morgan fingerprint density at radius 3 is 2.45 bits per heavy atom. The van der Waals surface area contributed by atoms with Crippen LogP contribution in [-0.4, -0.2) is 66.7 Å². The molecule has 0 unspecified atom stereocenters. The van der Waals surface area contributed by atoms with Crippen LogP contribution in [0.25, 0.3) is 22.5 Å². The van der Waals surface area contributed by atoms with Gasteiger partial charge in [0.2, 0.25) is 25.9 Å². The third-order valence-electron chi connectivity index (χ3n) is 4.13. The zero-order valence-electron chi connectivity index (χ0n) is 15.8. The monoisotopic (exact) mass is 469 g/mol. The number of nitrogen functional groups attached to an aromatic ring is 1. The zero-order chi connectivity index (χ0) is 22.8. The number of hydrogen-bond acceptors (Lipinski definition) is 11. The van der Waals surface area contributed by atoms with Gasteiger partial charge in [0.1, 0.15) is 15.6 Å². The van der Waals surface area contributed by atoms with Crippen LogP contribution in [0.2, 0.25) is 0 Å². The SMILES string of the molecule is Nc1ccc(-c2ccc(S(=O)(=O)NC[C@@H](N)CO)c(S(N)(=O)=O)c2-c2nn[nH]n2)cn1. The average Bonchev–Trinajstić information content (AvgIpc) is 3.25. The van der Waals surface area contributed by atoms with Gasteiger partial charge in [-0.1, -0.05) is 6.07 Å². The average molecular weight is 470 g/mol. The van der Waals surface area contributed by atoms with Crippen molar-refractivity contribution >= 4 is 25.9 Å². The number of aromatic nitrogens is 5. The highest BCUT2D eigenvalue weighted by molar-refractivity contribution is 7.92. The Morgan fingerprint density at radius 2 is 1.90 bits per heavy atom. The summed E-state index contributed by atoms with van der Waals surface area (Å²) in [5.74, 6) is 0.0140. The predicted molar refractivity (Wildman–Crippen MR) is 109 cm³/mol. The number of anilines is 1. The molecule has 2 heterocycles. The van der Waals surface area contributed by atoms with Gasteiger partial charge in [-0.3, -0.25) is 0 Å². The fourth-order valence-corrected chi connectivity index (χ4v) is 5.41. The van der Waals surface area contributed by atoms with Crippen LogP contribution in [0.3, 0.4) is 0 Å². The topological polar surface area (TPSA) is 246 Å². The van der Waals surface area contributed by atoms with Crippen LogP contribution in [0, 0.1) is 0 Å². The highest BCUT2D eigenvalue weighted by Crippen LogP contribution is 2.38. The van der Waals surface area contributed by atoms with Crippen molar-refractivity contribution in [2.24, 2.45) is 10.9 Å². The molecular weight excluding hydrogens is 450 g/mol. The molecule has 0 saturated carbocycles. The first kappa shape index (κ1) is 22.7. The number of nitrogens with two attached hydrogens (primary N) is 3. The number of aliphatic hydroxyl groups excluding tert-OH is 1. The van der Waals surface area contributed by atoms with Crippen molar-refractivity contribution in [3.05, 3.63) is 30.5 Å². The first-order chi connectivity index (χ1) is 14.5. The van der Waals surface area contributed by atoms with Crippen molar-refractivity contribution in [2.45, 2.75) is 15.8 Å². The Hall–Kier alpha value is -3.02. The van der Waals surface area contributed by atoms with Crippen molar-refractivity contribution in [3.63, 3.8) is 0 Å². The minimum Gasteiger partial charge on any atom is -0.395 e. The summed E-state index contributed by atoms with van der Waals surface area (Å²) in [6.07, 6.45) is 1.37. The second kappa shape index (κ2) is 8.61. The first-order valence-corrected chi connectivity index (χ1v) is 11.6. The Bertz CT molecular complexity index is 1280. The van der Waals surface area contributed by atoms with E-state index in [1.165, 1.54) is 18.3 Å². The summed E-state index contributed by atoms with van der Waals surface area (Å²) in [5, 5.41) is 27.6. The minimum atomic E-state index is -4.62. The molecule has 0 bridgehead atoms. The number of nitrogens with zero attached hydrogens (tertiary/aromatic N) is 4. The number of aliphatic hydroxyl groups is 1. The number of hydrogen-bond donors (Lipinski definition) is 6. The van der Waals surface area contributed by atoms with E-state index in [9.17, 15) is 16.8 Å². The second-order valence-electron chi connectivity index (χ2n) is 6.36. The number of H-pyrrole nitrogens is 1. The lowest BCUT2D eigenvalue weighted by Crippen LogP contribution is -2.39. The standard InChI is InChI=1S/C15H19N9O5S2/c16-9(7-25)6-20-31(28,29)11-3-2-10(8-1-4-12(17)19-5-8)13(14(11)30(18,26)27)15-21-23-24-22-15/h1-5,9,20,25H,6-7,16H2,(H2,17,19)(H2,18,26,27)(H,21,22,23,24)/t9-/m1/s1. The third-order valence-corrected chi connectivity index (χ3v) is 6.72. The van der Waals surface area contributed by atoms with Gasteiger partial charge < -0.3 is 16.6 Å². The molecule has 0 fully saturated rings. The van der Waals surface area contributed by atoms with Crippen molar-refractivity contribution in [1.29, 1.82) is 0 Å². The Labute approximate surface area is 177 Å². The highest BCUT2D eigenvalue weighted by Gasteiger charge is 2.32. The molecule has 2 aromatic heterocycles. The normalized spacial score (nSPS) is 13.3. The molecule has 0 saturated heterocycles. The maximum absolute atomic E-state index is 12.9. The number of nitrogens with one attached hydrogen (secondary N) is 2. The molecule has 166 valence electrons. The molecule has 0 aliphatic rings. The highest BCUT2D eigenvalue weighted by atomic mass is 32.2. The summed E-state index contributed by atoms with van der Waals surface area (Å²) in [6, 6.07) is 4.56. The second-order valence-corrected chi connectivity index (χ2v) is 9.60. The smallest absolute Gasteiger partial charge is 0.242 e. The van der Waals surface area contributed by atoms with Gasteiger partial charge in [-0.05, 0) is 29.0 Å². The Kier molecular flexibility index (Phi) is 6.30. The van der Waals surface area contributed by atoms with Gasteiger partial charge >= 0.3 is 0 Å². The quantitative estimate of drug-likeness (QED) is 0.206. The molecule has 31 heavy (non-hydrogen) atoms. The van der Waals surface area contributed by atoms with E-state index in [4.69, 9.17) is 21.7 Å². The lowest BCUT2D eigenvalue weighted by Gasteiger charge is -2.17. The van der Waals surface area contributed by atoms with Gasteiger partial charge in [0, 0.05) is 24.3 Å². The molecule has 0 spiro atoms. The van der Waals surface area contributed by atoms with Crippen molar-refractivity contribution in [3.8, 4) is 22.5 Å². The lowest BCUT2D eigenvalue weighted by atomic mass is 10.0. The van der Waals surface area contributed by atoms with E-state index in [1.807, 2.05) is 0 Å². The molecule has 3 rings (SSSR count). The van der Waals surface area contributed by atoms with E-state index < -0.39 is 42.5 Å². The Morgan fingerprint density at radius 1 is 1.16 bits per heavy atom. The molecule has 14 nitrogen and oxygen atoms in total. The van der Waals surface area contributed by atoms with Gasteiger partial charge in [-0.25, -0.2) is 31.7 Å². The molecule has 0 radical (unpaired) electrons. The number of sulfonamides is 2. The minimum absolute atomic E-state index is 0.197. The number of benzene rings is 1. The number of pyridine rings is 1. The van der Waals surface area contributed by atoms with Crippen LogP contribution in [0.5, 0.6) is 0 Å². The van der Waals surface area contributed by atoms with Crippen LogP contribution in [0.1, 0.15) is 0 Å². The molecule has 1 atom stereocenters. The number of aromatic amines is 1. The van der Waals surface area contributed by atoms with Crippen molar-refractivity contribution in [1.82, 2.24) is 30.3 Å². The van der Waals surface area contributed by atoms with Gasteiger partial charge in [-0.2, -0.15) is 5.21 Å². The number of primary sulfonamides is 1. The fraction of sp³-hybridized carbons (Fsp3) is 0.200. The summed E-state index contributed by atoms with van der Waals surface area (Å²) in [4.78, 5) is 2.58. The molecule has 0 aliphatic carbocycles. The van der Waals surface area contributed by atoms with Gasteiger partial charge in [0.15, 0.2) is 0 Å². The third kappa shape index (κ3) is 4.84. The van der Waals surface area contributed by atoms with E-state index in [0.29, 0.717) is 5.56 Å². The van der Waals surface area contributed by atoms with E-state index in [1.54, 1.807) is 6.07 Å². The van der Waals surface area contributed by atoms with Crippen LogP contribution in [0.15, 0.2) is 40.3 Å². The van der Waals surface area contributed by atoms with Crippen LogP contribution in [0.4, 0.5) is 5.82 Å². The largest absolute Gasteiger partial charge is 0.395 e. The van der Waals surface area contributed by atoms with E-state index in [0.717, 1.165) is 6.07 Å². The Balaban J connectivity index is 2.33. The summed E-state index contributed by atoms with van der Waals surface area (Å²) in [7, 11) is -9.04. The van der Waals surface area contributed by atoms with Crippen molar-refractivity contribution in [2.75, 3.05) is 18.9 Å². The molecule has 9 N–H and O–H groups in total. The number of tetrazole rings is 1. The number of rotatable bonds is 8. The summed E-state index contributed by atoms with van der Waals surface area (Å²) in [6.45, 7) is -0.828. The molecule has 16 heteroatoms. The van der Waals surface area contributed by atoms with Gasteiger partial charge in [-0.15, -0.1) is 10.2 Å². The molecule has 0 amide bonds. The van der Waals surface area contributed by atoms with E-state index in [2.05, 4.69) is 30.3 Å². The summed E-state index contributed by atoms with van der Waals surface area (Å²) >= 11 is 0. The van der Waals surface area contributed by atoms with E-state index in [-0.39, 0.29) is 29.3 Å². The first-order valence-electron chi connectivity index (χ1n) is 8.56. The predicted octanol–water partition coefficient (Wildman–Crippen LogP) is -2.24. The maximum Gasteiger partial charge on any atom is 0.242 e. The summed E-state index contributed by atoms with van der Waals surface area (Å²) in [5.41, 5.74) is 11.6. The van der Waals surface area contributed by atoms with Crippen LogP contribution >= 0.6 is 0 Å². The fourth-order valence-electron chi connectivity index (χ4n) is 2.71. The lowest BCUT2D eigenvalue weighted by molar-refractivity contribution is 0.266. The molecule has 1 aromatic carbocycles. The van der Waals surface area contributed by atoms with Crippen molar-refractivity contribution < 1.29 is 21.9 Å². The molecule has 3 aromatic rings. The summed E-state index contributed by atoms with van der Waals surface area (Å²) < 4.78 is 53.0. The maximum atomic E-state index is 12.9. The van der Waals surface area contributed by atoms with Gasteiger partial charge in [0.05, 0.1) is 12.2 Å². The van der Waals surface area contributed by atoms with Crippen LogP contribution in [-0.2, 0) is 20.0 Å². The van der Waals surface area contributed by atoms with Crippen LogP contribution < -0.4 is 21.3 Å². The molecular formula is C15H19N9O5S2. The molecule has 0 aliphatic heterocycles. The van der Waals surface area contributed by atoms with E-state index >= 15 is 0 Å².